The minimum Gasteiger partial charge on any atom is -0.491 e. The summed E-state index contributed by atoms with van der Waals surface area (Å²) in [5.41, 5.74) is 1.50. The van der Waals surface area contributed by atoms with E-state index in [1.165, 1.54) is 32.8 Å². The topological polar surface area (TPSA) is 66.0 Å². The highest BCUT2D eigenvalue weighted by atomic mass is 16.5. The molecule has 2 aromatic carbocycles. The molecule has 2 aromatic rings. The summed E-state index contributed by atoms with van der Waals surface area (Å²) >= 11 is 0. The van der Waals surface area contributed by atoms with Crippen LogP contribution in [-0.4, -0.2) is 45.5 Å². The molecule has 162 valence electrons. The van der Waals surface area contributed by atoms with Gasteiger partial charge >= 0.3 is 5.97 Å². The van der Waals surface area contributed by atoms with Crippen molar-refractivity contribution >= 4 is 5.97 Å². The lowest BCUT2D eigenvalue weighted by atomic mass is 10.1. The van der Waals surface area contributed by atoms with Gasteiger partial charge in [-0.05, 0) is 54.8 Å². The van der Waals surface area contributed by atoms with Crippen molar-refractivity contribution in [2.75, 3.05) is 33.5 Å². The van der Waals surface area contributed by atoms with Crippen LogP contribution in [0.15, 0.2) is 48.5 Å². The molecule has 1 saturated carbocycles. The predicted octanol–water partition coefficient (Wildman–Crippen LogP) is 3.98. The number of esters is 1. The second-order valence-corrected chi connectivity index (χ2v) is 7.34. The van der Waals surface area contributed by atoms with Crippen molar-refractivity contribution in [3.8, 4) is 11.5 Å². The number of carbonyl (C=O) groups excluding carboxylic acids is 1. The Morgan fingerprint density at radius 2 is 1.57 bits per heavy atom. The summed E-state index contributed by atoms with van der Waals surface area (Å²) < 4.78 is 21.8. The van der Waals surface area contributed by atoms with Gasteiger partial charge in [-0.15, -0.1) is 0 Å². The summed E-state index contributed by atoms with van der Waals surface area (Å²) in [5.74, 6) is 1.20. The van der Waals surface area contributed by atoms with Gasteiger partial charge in [-0.25, -0.2) is 4.79 Å². The fourth-order valence-electron chi connectivity index (χ4n) is 3.44. The largest absolute Gasteiger partial charge is 0.491 e. The zero-order valence-corrected chi connectivity index (χ0v) is 17.6. The van der Waals surface area contributed by atoms with Crippen molar-refractivity contribution in [1.29, 1.82) is 0 Å². The number of hydrogen-bond acceptors (Lipinski definition) is 6. The first-order valence-electron chi connectivity index (χ1n) is 10.6. The molecular weight excluding hydrogens is 382 g/mol. The second-order valence-electron chi connectivity index (χ2n) is 7.34. The lowest BCUT2D eigenvalue weighted by Crippen LogP contribution is -2.29. The summed E-state index contributed by atoms with van der Waals surface area (Å²) in [6.45, 7) is 3.14. The summed E-state index contributed by atoms with van der Waals surface area (Å²) in [6, 6.07) is 15.4. The van der Waals surface area contributed by atoms with E-state index in [9.17, 15) is 4.79 Å². The quantitative estimate of drug-likeness (QED) is 0.419. The van der Waals surface area contributed by atoms with Crippen LogP contribution in [0.1, 0.15) is 41.6 Å². The molecule has 1 N–H and O–H groups in total. The Kier molecular flexibility index (Phi) is 9.00. The molecule has 0 bridgehead atoms. The third kappa shape index (κ3) is 7.35. The van der Waals surface area contributed by atoms with E-state index >= 15 is 0 Å². The molecule has 0 unspecified atom stereocenters. The number of methoxy groups -OCH3 is 1. The van der Waals surface area contributed by atoms with E-state index in [0.717, 1.165) is 23.6 Å². The Bertz CT molecular complexity index is 754. The van der Waals surface area contributed by atoms with Crippen LogP contribution in [-0.2, 0) is 16.1 Å². The SMILES string of the molecule is COC(=O)c1ccc(COc2ccc(OCCOCCNC3CCCC3)cc2)cc1. The number of rotatable bonds is 12. The van der Waals surface area contributed by atoms with Crippen molar-refractivity contribution in [3.63, 3.8) is 0 Å². The number of benzene rings is 2. The lowest BCUT2D eigenvalue weighted by Gasteiger charge is -2.12. The maximum atomic E-state index is 11.5. The maximum Gasteiger partial charge on any atom is 0.337 e. The van der Waals surface area contributed by atoms with Crippen LogP contribution in [0.5, 0.6) is 11.5 Å². The highest BCUT2D eigenvalue weighted by Gasteiger charge is 2.13. The number of ether oxygens (including phenoxy) is 4. The van der Waals surface area contributed by atoms with Crippen molar-refractivity contribution in [2.24, 2.45) is 0 Å². The van der Waals surface area contributed by atoms with E-state index in [2.05, 4.69) is 5.32 Å². The molecule has 0 aliphatic heterocycles. The molecule has 0 amide bonds. The van der Waals surface area contributed by atoms with E-state index in [4.69, 9.17) is 18.9 Å². The van der Waals surface area contributed by atoms with Crippen molar-refractivity contribution in [3.05, 3.63) is 59.7 Å². The van der Waals surface area contributed by atoms with E-state index < -0.39 is 0 Å². The van der Waals surface area contributed by atoms with Crippen LogP contribution in [0.3, 0.4) is 0 Å². The van der Waals surface area contributed by atoms with Gasteiger partial charge in [-0.3, -0.25) is 0 Å². The molecule has 0 atom stereocenters. The van der Waals surface area contributed by atoms with Crippen LogP contribution < -0.4 is 14.8 Å². The molecule has 6 heteroatoms. The average molecular weight is 414 g/mol. The Morgan fingerprint density at radius 1 is 0.900 bits per heavy atom. The Hall–Kier alpha value is -2.57. The van der Waals surface area contributed by atoms with Crippen LogP contribution >= 0.6 is 0 Å². The first-order chi connectivity index (χ1) is 14.7. The number of carbonyl (C=O) groups is 1. The maximum absolute atomic E-state index is 11.5. The minimum atomic E-state index is -0.343. The van der Waals surface area contributed by atoms with Gasteiger partial charge in [0.15, 0.2) is 0 Å². The molecular formula is C24H31NO5. The van der Waals surface area contributed by atoms with Crippen LogP contribution in [0.2, 0.25) is 0 Å². The fraction of sp³-hybridized carbons (Fsp3) is 0.458. The van der Waals surface area contributed by atoms with Gasteiger partial charge in [0.2, 0.25) is 0 Å². The normalized spacial score (nSPS) is 13.9. The summed E-state index contributed by atoms with van der Waals surface area (Å²) in [6.07, 6.45) is 5.29. The number of nitrogens with one attached hydrogen (secondary N) is 1. The van der Waals surface area contributed by atoms with Gasteiger partial charge in [0.05, 0.1) is 25.9 Å². The molecule has 3 rings (SSSR count). The molecule has 0 saturated heterocycles. The Morgan fingerprint density at radius 3 is 2.23 bits per heavy atom. The number of hydrogen-bond donors (Lipinski definition) is 1. The molecule has 0 heterocycles. The highest BCUT2D eigenvalue weighted by Crippen LogP contribution is 2.19. The molecule has 1 aliphatic carbocycles. The fourth-order valence-corrected chi connectivity index (χ4v) is 3.44. The van der Waals surface area contributed by atoms with Gasteiger partial charge < -0.3 is 24.3 Å². The summed E-state index contributed by atoms with van der Waals surface area (Å²) in [7, 11) is 1.37. The van der Waals surface area contributed by atoms with E-state index in [0.29, 0.717) is 38.0 Å². The third-order valence-electron chi connectivity index (χ3n) is 5.14. The van der Waals surface area contributed by atoms with E-state index in [1.54, 1.807) is 12.1 Å². The molecule has 1 aliphatic rings. The van der Waals surface area contributed by atoms with Crippen LogP contribution in [0.25, 0.3) is 0 Å². The van der Waals surface area contributed by atoms with Gasteiger partial charge in [0.25, 0.3) is 0 Å². The third-order valence-corrected chi connectivity index (χ3v) is 5.14. The van der Waals surface area contributed by atoms with Gasteiger partial charge in [-0.2, -0.15) is 0 Å². The standard InChI is InChI=1S/C24H31NO5/c1-27-24(26)20-8-6-19(7-9-20)18-30-23-12-10-22(11-13-23)29-17-16-28-15-14-25-21-4-2-3-5-21/h6-13,21,25H,2-5,14-18H2,1H3. The smallest absolute Gasteiger partial charge is 0.337 e. The Labute approximate surface area is 178 Å². The Balaban J connectivity index is 1.28. The monoisotopic (exact) mass is 413 g/mol. The van der Waals surface area contributed by atoms with Crippen molar-refractivity contribution in [1.82, 2.24) is 5.32 Å². The zero-order valence-electron chi connectivity index (χ0n) is 17.6. The first-order valence-corrected chi connectivity index (χ1v) is 10.6. The first kappa shape index (κ1) is 22.1. The molecule has 1 fully saturated rings. The minimum absolute atomic E-state index is 0.343. The zero-order chi connectivity index (χ0) is 21.0. The van der Waals surface area contributed by atoms with Crippen molar-refractivity contribution < 1.29 is 23.7 Å². The molecule has 0 aromatic heterocycles. The van der Waals surface area contributed by atoms with Crippen molar-refractivity contribution in [2.45, 2.75) is 38.3 Å². The van der Waals surface area contributed by atoms with Gasteiger partial charge in [0, 0.05) is 12.6 Å². The summed E-state index contributed by atoms with van der Waals surface area (Å²) in [5, 5.41) is 3.53. The predicted molar refractivity (Wildman–Crippen MR) is 115 cm³/mol. The molecule has 30 heavy (non-hydrogen) atoms. The molecule has 0 spiro atoms. The van der Waals surface area contributed by atoms with Crippen LogP contribution in [0.4, 0.5) is 0 Å². The summed E-state index contributed by atoms with van der Waals surface area (Å²) in [4.78, 5) is 11.5. The highest BCUT2D eigenvalue weighted by molar-refractivity contribution is 5.89. The van der Waals surface area contributed by atoms with Gasteiger partial charge in [-0.1, -0.05) is 25.0 Å². The lowest BCUT2D eigenvalue weighted by molar-refractivity contribution is 0.0600. The molecule has 6 nitrogen and oxygen atoms in total. The van der Waals surface area contributed by atoms with E-state index in [1.807, 2.05) is 36.4 Å². The van der Waals surface area contributed by atoms with Crippen LogP contribution in [0, 0.1) is 0 Å². The second kappa shape index (κ2) is 12.2. The average Bonchev–Trinajstić information content (AvgIpc) is 3.31. The molecule has 0 radical (unpaired) electrons. The van der Waals surface area contributed by atoms with E-state index in [-0.39, 0.29) is 5.97 Å². The van der Waals surface area contributed by atoms with Gasteiger partial charge in [0.1, 0.15) is 24.7 Å².